The lowest BCUT2D eigenvalue weighted by molar-refractivity contribution is -0.513. The Bertz CT molecular complexity index is 688. The highest BCUT2D eigenvalue weighted by Crippen LogP contribution is 2.16. The minimum absolute atomic E-state index is 0.355. The summed E-state index contributed by atoms with van der Waals surface area (Å²) in [5, 5.41) is 0. The van der Waals surface area contributed by atoms with Crippen LogP contribution in [0.5, 0.6) is 5.75 Å². The van der Waals surface area contributed by atoms with Crippen LogP contribution < -0.4 is 9.14 Å². The Labute approximate surface area is 109 Å². The van der Waals surface area contributed by atoms with Gasteiger partial charge < -0.3 is 4.74 Å². The summed E-state index contributed by atoms with van der Waals surface area (Å²) in [6.45, 7) is 0.355. The first-order valence-electron chi connectivity index (χ1n) is 5.88. The Balaban J connectivity index is 1.80. The third-order valence-corrected chi connectivity index (χ3v) is 2.77. The predicted molar refractivity (Wildman–Crippen MR) is 67.9 cm³/mol. The summed E-state index contributed by atoms with van der Waals surface area (Å²) in [5.41, 5.74) is 1.43. The molecule has 3 aromatic rings. The van der Waals surface area contributed by atoms with Crippen LogP contribution in [0.4, 0.5) is 0 Å². The van der Waals surface area contributed by atoms with E-state index in [9.17, 15) is 4.79 Å². The van der Waals surface area contributed by atoms with Crippen LogP contribution >= 0.6 is 0 Å². The van der Waals surface area contributed by atoms with E-state index < -0.39 is 0 Å². The number of aldehydes is 1. The molecule has 2 heterocycles. The standard InChI is InChI=1S/C14H11N3O2/c18-9-11-4-1-2-5-13(11)19-10-12-8-17-7-3-6-15-14(17)16-12/h1-9H,10H2/p+1. The van der Waals surface area contributed by atoms with Crippen LogP contribution in [0.25, 0.3) is 5.78 Å². The number of ether oxygens (including phenoxy) is 1. The SMILES string of the molecule is O=Cc1ccccc1OCc1c[n+]2cccnc2[nH]1. The van der Waals surface area contributed by atoms with Gasteiger partial charge in [0.1, 0.15) is 30.4 Å². The highest BCUT2D eigenvalue weighted by Gasteiger charge is 2.09. The van der Waals surface area contributed by atoms with Crippen LogP contribution in [0.3, 0.4) is 0 Å². The molecule has 19 heavy (non-hydrogen) atoms. The number of imidazole rings is 1. The number of rotatable bonds is 4. The minimum atomic E-state index is 0.355. The lowest BCUT2D eigenvalue weighted by Crippen LogP contribution is -2.17. The predicted octanol–water partition coefficient (Wildman–Crippen LogP) is 1.54. The molecule has 0 radical (unpaired) electrons. The van der Waals surface area contributed by atoms with Crippen molar-refractivity contribution in [2.24, 2.45) is 0 Å². The van der Waals surface area contributed by atoms with E-state index in [0.717, 1.165) is 17.8 Å². The smallest absolute Gasteiger partial charge is 0.401 e. The number of hydrogen-bond donors (Lipinski definition) is 1. The monoisotopic (exact) mass is 254 g/mol. The van der Waals surface area contributed by atoms with Crippen molar-refractivity contribution in [3.8, 4) is 5.75 Å². The van der Waals surface area contributed by atoms with E-state index in [-0.39, 0.29) is 0 Å². The molecule has 0 aliphatic rings. The molecule has 0 saturated heterocycles. The zero-order valence-corrected chi connectivity index (χ0v) is 10.1. The van der Waals surface area contributed by atoms with Crippen LogP contribution in [-0.4, -0.2) is 16.3 Å². The number of aromatic nitrogens is 3. The van der Waals surface area contributed by atoms with Gasteiger partial charge in [-0.1, -0.05) is 17.1 Å². The van der Waals surface area contributed by atoms with Crippen LogP contribution in [0, 0.1) is 0 Å². The third-order valence-electron chi connectivity index (χ3n) is 2.77. The van der Waals surface area contributed by atoms with Gasteiger partial charge in [0.15, 0.2) is 6.29 Å². The molecule has 0 fully saturated rings. The molecule has 94 valence electrons. The Morgan fingerprint density at radius 3 is 3.05 bits per heavy atom. The summed E-state index contributed by atoms with van der Waals surface area (Å²) in [6.07, 6.45) is 6.32. The van der Waals surface area contributed by atoms with Gasteiger partial charge in [-0.3, -0.25) is 4.79 Å². The van der Waals surface area contributed by atoms with Gasteiger partial charge in [-0.15, -0.1) is 0 Å². The summed E-state index contributed by atoms with van der Waals surface area (Å²) >= 11 is 0. The number of nitrogens with one attached hydrogen (secondary N) is 1. The lowest BCUT2D eigenvalue weighted by atomic mass is 10.2. The first-order chi connectivity index (χ1) is 9.36. The van der Waals surface area contributed by atoms with Crippen LogP contribution in [-0.2, 0) is 6.61 Å². The fourth-order valence-corrected chi connectivity index (χ4v) is 1.87. The maximum Gasteiger partial charge on any atom is 0.401 e. The molecule has 5 nitrogen and oxygen atoms in total. The average molecular weight is 254 g/mol. The zero-order chi connectivity index (χ0) is 13.1. The van der Waals surface area contributed by atoms with Crippen LogP contribution in [0.2, 0.25) is 0 Å². The fraction of sp³-hybridized carbons (Fsp3) is 0.0714. The minimum Gasteiger partial charge on any atom is -0.485 e. The molecule has 1 aromatic carbocycles. The summed E-state index contributed by atoms with van der Waals surface area (Å²) in [5.74, 6) is 1.33. The number of fused-ring (bicyclic) bond motifs is 1. The first-order valence-corrected chi connectivity index (χ1v) is 5.88. The molecule has 0 spiro atoms. The molecule has 0 saturated carbocycles. The van der Waals surface area contributed by atoms with Crippen molar-refractivity contribution in [3.63, 3.8) is 0 Å². The van der Waals surface area contributed by atoms with Gasteiger partial charge in [0.25, 0.3) is 0 Å². The van der Waals surface area contributed by atoms with Crippen molar-refractivity contribution in [1.29, 1.82) is 0 Å². The van der Waals surface area contributed by atoms with Gasteiger partial charge in [-0.25, -0.2) is 9.38 Å². The number of carbonyl (C=O) groups is 1. The Morgan fingerprint density at radius 1 is 1.32 bits per heavy atom. The van der Waals surface area contributed by atoms with Crippen molar-refractivity contribution in [2.45, 2.75) is 6.61 Å². The average Bonchev–Trinajstić information content (AvgIpc) is 2.88. The molecule has 2 aromatic heterocycles. The molecule has 0 atom stereocenters. The molecular weight excluding hydrogens is 242 g/mol. The summed E-state index contributed by atoms with van der Waals surface area (Å²) in [4.78, 5) is 18.2. The molecule has 0 aliphatic carbocycles. The van der Waals surface area contributed by atoms with Crippen molar-refractivity contribution >= 4 is 12.1 Å². The van der Waals surface area contributed by atoms with E-state index in [1.807, 2.05) is 28.9 Å². The summed E-state index contributed by atoms with van der Waals surface area (Å²) < 4.78 is 7.52. The van der Waals surface area contributed by atoms with E-state index in [4.69, 9.17) is 4.74 Å². The number of benzene rings is 1. The lowest BCUT2D eigenvalue weighted by Gasteiger charge is -2.05. The summed E-state index contributed by atoms with van der Waals surface area (Å²) in [7, 11) is 0. The fourth-order valence-electron chi connectivity index (χ4n) is 1.87. The van der Waals surface area contributed by atoms with Crippen LogP contribution in [0.1, 0.15) is 16.1 Å². The molecule has 0 amide bonds. The second-order valence-electron chi connectivity index (χ2n) is 4.07. The number of carbonyl (C=O) groups excluding carboxylic acids is 1. The molecule has 1 N–H and O–H groups in total. The number of H-pyrrole nitrogens is 1. The van der Waals surface area contributed by atoms with Gasteiger partial charge in [-0.2, -0.15) is 0 Å². The first kappa shape index (κ1) is 11.4. The van der Waals surface area contributed by atoms with E-state index in [1.165, 1.54) is 0 Å². The Hall–Kier alpha value is -2.69. The van der Waals surface area contributed by atoms with Crippen molar-refractivity contribution < 1.29 is 13.9 Å². The number of para-hydroxylation sites is 1. The van der Waals surface area contributed by atoms with E-state index in [0.29, 0.717) is 17.9 Å². The maximum atomic E-state index is 10.9. The largest absolute Gasteiger partial charge is 0.485 e. The van der Waals surface area contributed by atoms with Crippen LogP contribution in [0.15, 0.2) is 48.9 Å². The Kier molecular flexibility index (Phi) is 2.94. The van der Waals surface area contributed by atoms with E-state index in [2.05, 4.69) is 9.97 Å². The molecule has 3 rings (SSSR count). The maximum absolute atomic E-state index is 10.9. The topological polar surface area (TPSA) is 59.1 Å². The normalized spacial score (nSPS) is 10.5. The Morgan fingerprint density at radius 2 is 2.21 bits per heavy atom. The van der Waals surface area contributed by atoms with E-state index in [1.54, 1.807) is 24.4 Å². The molecule has 0 aliphatic heterocycles. The van der Waals surface area contributed by atoms with Crippen molar-refractivity contribution in [3.05, 3.63) is 60.2 Å². The second kappa shape index (κ2) is 4.89. The molecule has 0 bridgehead atoms. The second-order valence-corrected chi connectivity index (χ2v) is 4.07. The van der Waals surface area contributed by atoms with Gasteiger partial charge in [-0.05, 0) is 12.1 Å². The molecule has 0 unspecified atom stereocenters. The van der Waals surface area contributed by atoms with Gasteiger partial charge in [0, 0.05) is 6.07 Å². The van der Waals surface area contributed by atoms with E-state index >= 15 is 0 Å². The van der Waals surface area contributed by atoms with Crippen molar-refractivity contribution in [2.75, 3.05) is 0 Å². The molecule has 5 heteroatoms. The number of nitrogens with zero attached hydrogens (tertiary/aromatic N) is 2. The van der Waals surface area contributed by atoms with Gasteiger partial charge in [0.05, 0.1) is 11.8 Å². The number of aromatic amines is 1. The van der Waals surface area contributed by atoms with Gasteiger partial charge >= 0.3 is 5.78 Å². The number of hydrogen-bond acceptors (Lipinski definition) is 3. The highest BCUT2D eigenvalue weighted by molar-refractivity contribution is 5.79. The summed E-state index contributed by atoms with van der Waals surface area (Å²) in [6, 6.07) is 9.00. The van der Waals surface area contributed by atoms with Crippen molar-refractivity contribution in [1.82, 2.24) is 9.97 Å². The third kappa shape index (κ3) is 2.30. The zero-order valence-electron chi connectivity index (χ0n) is 10.1. The highest BCUT2D eigenvalue weighted by atomic mass is 16.5. The van der Waals surface area contributed by atoms with Gasteiger partial charge in [0.2, 0.25) is 0 Å². The quantitative estimate of drug-likeness (QED) is 0.567. The molecular formula is C14H12N3O2+.